The number of amides is 1. The Morgan fingerprint density at radius 1 is 1.47 bits per heavy atom. The van der Waals surface area contributed by atoms with Crippen LogP contribution in [0, 0.1) is 17.0 Å². The highest BCUT2D eigenvalue weighted by atomic mass is 16.6. The van der Waals surface area contributed by atoms with E-state index >= 15 is 0 Å². The minimum Gasteiger partial charge on any atom is -0.298 e. The quantitative estimate of drug-likeness (QED) is 0.581. The summed E-state index contributed by atoms with van der Waals surface area (Å²) in [5, 5.41) is 10.5. The summed E-state index contributed by atoms with van der Waals surface area (Å²) in [6, 6.07) is 4.39. The second-order valence-corrected chi connectivity index (χ2v) is 3.06. The fourth-order valence-electron chi connectivity index (χ4n) is 1.01. The summed E-state index contributed by atoms with van der Waals surface area (Å²) in [5.74, 6) is -0.263. The van der Waals surface area contributed by atoms with Crippen molar-refractivity contribution in [1.29, 1.82) is 0 Å². The molecule has 1 amide bonds. The van der Waals surface area contributed by atoms with E-state index < -0.39 is 4.92 Å². The van der Waals surface area contributed by atoms with Crippen LogP contribution in [-0.2, 0) is 4.79 Å². The summed E-state index contributed by atoms with van der Waals surface area (Å²) < 4.78 is 0. The van der Waals surface area contributed by atoms with Gasteiger partial charge in [0.05, 0.1) is 10.6 Å². The first-order valence-electron chi connectivity index (χ1n) is 4.28. The van der Waals surface area contributed by atoms with E-state index in [1.54, 1.807) is 13.0 Å². The monoisotopic (exact) mass is 209 g/mol. The highest BCUT2D eigenvalue weighted by molar-refractivity contribution is 5.75. The number of nitro groups is 1. The van der Waals surface area contributed by atoms with Crippen LogP contribution in [0.2, 0.25) is 0 Å². The Balaban J connectivity index is 2.90. The molecule has 0 bridgehead atoms. The van der Waals surface area contributed by atoms with Crippen LogP contribution in [0.3, 0.4) is 0 Å². The number of nitrogens with one attached hydrogen (secondary N) is 2. The molecule has 0 unspecified atom stereocenters. The molecule has 80 valence electrons. The third kappa shape index (κ3) is 2.94. The lowest BCUT2D eigenvalue weighted by molar-refractivity contribution is -0.384. The zero-order valence-corrected chi connectivity index (χ0v) is 8.40. The van der Waals surface area contributed by atoms with Crippen molar-refractivity contribution < 1.29 is 9.72 Å². The highest BCUT2D eigenvalue weighted by Crippen LogP contribution is 2.20. The number of benzene rings is 1. The lowest BCUT2D eigenvalue weighted by atomic mass is 10.2. The van der Waals surface area contributed by atoms with Gasteiger partial charge in [-0.25, -0.2) is 0 Å². The maximum atomic E-state index is 10.6. The van der Waals surface area contributed by atoms with Crippen LogP contribution in [0.4, 0.5) is 11.4 Å². The molecule has 1 aromatic rings. The average molecular weight is 209 g/mol. The Labute approximate surface area is 86.4 Å². The Kier molecular flexibility index (Phi) is 3.22. The zero-order chi connectivity index (χ0) is 11.4. The van der Waals surface area contributed by atoms with Crippen LogP contribution in [-0.4, -0.2) is 10.8 Å². The molecule has 0 atom stereocenters. The standard InChI is InChI=1S/C9H11N3O3/c1-6-3-4-8(12(14)15)5-9(6)11-10-7(2)13/h3-5,11H,1-2H3,(H,10,13). The molecule has 0 spiro atoms. The van der Waals surface area contributed by atoms with Gasteiger partial charge >= 0.3 is 0 Å². The fourth-order valence-corrected chi connectivity index (χ4v) is 1.01. The van der Waals surface area contributed by atoms with Gasteiger partial charge in [-0.15, -0.1) is 0 Å². The number of aryl methyl sites for hydroxylation is 1. The minimum absolute atomic E-state index is 0.0200. The van der Waals surface area contributed by atoms with E-state index in [1.807, 2.05) is 0 Å². The summed E-state index contributed by atoms with van der Waals surface area (Å²) in [6.45, 7) is 3.13. The largest absolute Gasteiger partial charge is 0.298 e. The number of rotatable bonds is 3. The van der Waals surface area contributed by atoms with Gasteiger partial charge in [-0.2, -0.15) is 0 Å². The molecule has 1 rings (SSSR count). The Bertz CT molecular complexity index is 404. The number of carbonyl (C=O) groups excluding carboxylic acids is 1. The molecule has 0 saturated heterocycles. The van der Waals surface area contributed by atoms with Crippen LogP contribution in [0.5, 0.6) is 0 Å². The predicted molar refractivity (Wildman–Crippen MR) is 55.3 cm³/mol. The third-order valence-corrected chi connectivity index (χ3v) is 1.81. The molecule has 0 aliphatic heterocycles. The van der Waals surface area contributed by atoms with Gasteiger partial charge in [0.25, 0.3) is 5.69 Å². The topological polar surface area (TPSA) is 84.3 Å². The van der Waals surface area contributed by atoms with E-state index in [0.29, 0.717) is 5.69 Å². The molecule has 1 aromatic carbocycles. The van der Waals surface area contributed by atoms with E-state index in [-0.39, 0.29) is 11.6 Å². The van der Waals surface area contributed by atoms with E-state index in [0.717, 1.165) is 5.56 Å². The molecule has 0 fully saturated rings. The van der Waals surface area contributed by atoms with Crippen LogP contribution in [0.15, 0.2) is 18.2 Å². The molecular formula is C9H11N3O3. The van der Waals surface area contributed by atoms with Crippen LogP contribution >= 0.6 is 0 Å². The average Bonchev–Trinajstić information content (AvgIpc) is 2.16. The highest BCUT2D eigenvalue weighted by Gasteiger charge is 2.08. The van der Waals surface area contributed by atoms with Crippen molar-refractivity contribution in [2.24, 2.45) is 0 Å². The summed E-state index contributed by atoms with van der Waals surface area (Å²) in [7, 11) is 0. The van der Waals surface area contributed by atoms with Gasteiger partial charge in [-0.1, -0.05) is 6.07 Å². The van der Waals surface area contributed by atoms with Crippen molar-refractivity contribution in [3.63, 3.8) is 0 Å². The maximum absolute atomic E-state index is 10.6. The number of hydrazine groups is 1. The van der Waals surface area contributed by atoms with Gasteiger partial charge in [0.1, 0.15) is 0 Å². The van der Waals surface area contributed by atoms with Crippen LogP contribution in [0.25, 0.3) is 0 Å². The number of nitro benzene ring substituents is 1. The summed E-state index contributed by atoms with van der Waals surface area (Å²) in [4.78, 5) is 20.6. The van der Waals surface area contributed by atoms with Crippen molar-refractivity contribution in [3.8, 4) is 0 Å². The number of hydrogen-bond donors (Lipinski definition) is 2. The lowest BCUT2D eigenvalue weighted by Gasteiger charge is -2.08. The molecule has 2 N–H and O–H groups in total. The molecule has 15 heavy (non-hydrogen) atoms. The normalized spacial score (nSPS) is 9.47. The number of hydrogen-bond acceptors (Lipinski definition) is 4. The molecular weight excluding hydrogens is 198 g/mol. The van der Waals surface area contributed by atoms with Gasteiger partial charge in [-0.3, -0.25) is 25.8 Å². The smallest absolute Gasteiger partial charge is 0.271 e. The summed E-state index contributed by atoms with van der Waals surface area (Å²) >= 11 is 0. The molecule has 6 heteroatoms. The molecule has 6 nitrogen and oxygen atoms in total. The van der Waals surface area contributed by atoms with Crippen molar-refractivity contribution in [2.75, 3.05) is 5.43 Å². The molecule has 0 saturated carbocycles. The predicted octanol–water partition coefficient (Wildman–Crippen LogP) is 1.37. The number of anilines is 1. The third-order valence-electron chi connectivity index (χ3n) is 1.81. The number of carbonyl (C=O) groups is 1. The zero-order valence-electron chi connectivity index (χ0n) is 8.40. The second-order valence-electron chi connectivity index (χ2n) is 3.06. The fraction of sp³-hybridized carbons (Fsp3) is 0.222. The van der Waals surface area contributed by atoms with Crippen molar-refractivity contribution in [3.05, 3.63) is 33.9 Å². The Hall–Kier alpha value is -2.11. The Morgan fingerprint density at radius 2 is 2.13 bits per heavy atom. The van der Waals surface area contributed by atoms with Crippen molar-refractivity contribution in [1.82, 2.24) is 5.43 Å². The van der Waals surface area contributed by atoms with Crippen molar-refractivity contribution >= 4 is 17.3 Å². The number of nitrogens with zero attached hydrogens (tertiary/aromatic N) is 1. The van der Waals surface area contributed by atoms with Gasteiger partial charge in [0, 0.05) is 19.1 Å². The van der Waals surface area contributed by atoms with E-state index in [2.05, 4.69) is 10.9 Å². The summed E-state index contributed by atoms with van der Waals surface area (Å²) in [6.07, 6.45) is 0. The maximum Gasteiger partial charge on any atom is 0.271 e. The minimum atomic E-state index is -0.488. The SMILES string of the molecule is CC(=O)NNc1cc([N+](=O)[O-])ccc1C. The van der Waals surface area contributed by atoms with Gasteiger partial charge in [0.15, 0.2) is 0 Å². The lowest BCUT2D eigenvalue weighted by Crippen LogP contribution is -2.26. The van der Waals surface area contributed by atoms with Crippen molar-refractivity contribution in [2.45, 2.75) is 13.8 Å². The van der Waals surface area contributed by atoms with Crippen LogP contribution in [0.1, 0.15) is 12.5 Å². The van der Waals surface area contributed by atoms with Gasteiger partial charge in [0.2, 0.25) is 5.91 Å². The molecule has 0 radical (unpaired) electrons. The first-order chi connectivity index (χ1) is 7.00. The Morgan fingerprint density at radius 3 is 2.67 bits per heavy atom. The first-order valence-corrected chi connectivity index (χ1v) is 4.28. The first kappa shape index (κ1) is 11.0. The van der Waals surface area contributed by atoms with E-state index in [1.165, 1.54) is 19.1 Å². The van der Waals surface area contributed by atoms with Gasteiger partial charge in [-0.05, 0) is 12.5 Å². The van der Waals surface area contributed by atoms with Gasteiger partial charge < -0.3 is 0 Å². The number of non-ortho nitro benzene ring substituents is 1. The summed E-state index contributed by atoms with van der Waals surface area (Å²) in [5.41, 5.74) is 6.27. The molecule has 0 aliphatic carbocycles. The molecule has 0 aromatic heterocycles. The van der Waals surface area contributed by atoms with E-state index in [9.17, 15) is 14.9 Å². The van der Waals surface area contributed by atoms with Crippen LogP contribution < -0.4 is 10.9 Å². The molecule has 0 heterocycles. The molecule has 0 aliphatic rings. The second kappa shape index (κ2) is 4.41. The van der Waals surface area contributed by atoms with E-state index in [4.69, 9.17) is 0 Å².